The number of Topliss-reactive ketones (excluding diaryl/α,β-unsaturated/α-hetero) is 1. The van der Waals surface area contributed by atoms with Crippen LogP contribution in [0, 0.1) is 0 Å². The first kappa shape index (κ1) is 19.3. The third-order valence-electron chi connectivity index (χ3n) is 4.86. The lowest BCUT2D eigenvalue weighted by Gasteiger charge is -2.18. The van der Waals surface area contributed by atoms with Gasteiger partial charge in [0.05, 0.1) is 11.3 Å². The molecule has 0 bridgehead atoms. The Kier molecular flexibility index (Phi) is 5.02. The largest absolute Gasteiger partial charge is 0.451 e. The second kappa shape index (κ2) is 7.79. The fraction of sp³-hybridized carbons (Fsp3) is 0.130. The average Bonchev–Trinajstić information content (AvgIpc) is 2.98. The molecular formula is C23H18N2O5. The number of nitrogens with zero attached hydrogens (tertiary/aromatic N) is 1. The molecule has 3 aromatic rings. The Bertz CT molecular complexity index is 1190. The Balaban J connectivity index is 1.39. The van der Waals surface area contributed by atoms with Crippen molar-refractivity contribution in [3.8, 4) is 0 Å². The van der Waals surface area contributed by atoms with Crippen LogP contribution in [0.25, 0.3) is 10.8 Å². The molecule has 0 unspecified atom stereocenters. The van der Waals surface area contributed by atoms with Crippen molar-refractivity contribution in [2.75, 3.05) is 16.8 Å². The highest BCUT2D eigenvalue weighted by atomic mass is 16.5. The zero-order valence-electron chi connectivity index (χ0n) is 16.1. The van der Waals surface area contributed by atoms with Crippen LogP contribution in [-0.2, 0) is 19.1 Å². The number of anilines is 2. The molecule has 0 saturated carbocycles. The number of carbonyl (C=O) groups is 4. The lowest BCUT2D eigenvalue weighted by molar-refractivity contribution is -0.152. The minimum atomic E-state index is -1.08. The number of benzene rings is 3. The van der Waals surface area contributed by atoms with Crippen LogP contribution in [0.4, 0.5) is 11.4 Å². The number of hydrogen-bond donors (Lipinski definition) is 1. The number of nitrogens with one attached hydrogen (secondary N) is 1. The van der Waals surface area contributed by atoms with Gasteiger partial charge in [0.25, 0.3) is 17.6 Å². The molecule has 30 heavy (non-hydrogen) atoms. The molecule has 0 spiro atoms. The van der Waals surface area contributed by atoms with Gasteiger partial charge in [-0.1, -0.05) is 42.5 Å². The maximum atomic E-state index is 12.4. The maximum Gasteiger partial charge on any atom is 0.326 e. The van der Waals surface area contributed by atoms with Crippen molar-refractivity contribution >= 4 is 45.7 Å². The zero-order chi connectivity index (χ0) is 21.3. The molecule has 0 aromatic heterocycles. The van der Waals surface area contributed by atoms with Gasteiger partial charge in [-0.05, 0) is 42.0 Å². The summed E-state index contributed by atoms with van der Waals surface area (Å²) in [5.41, 5.74) is 1.19. The van der Waals surface area contributed by atoms with E-state index in [9.17, 15) is 19.2 Å². The molecule has 4 rings (SSSR count). The molecule has 0 fully saturated rings. The Hall–Kier alpha value is -4.00. The lowest BCUT2D eigenvalue weighted by Crippen LogP contribution is -2.38. The first-order valence-electron chi connectivity index (χ1n) is 9.38. The van der Waals surface area contributed by atoms with Crippen molar-refractivity contribution in [2.45, 2.75) is 13.0 Å². The average molecular weight is 402 g/mol. The highest BCUT2D eigenvalue weighted by molar-refractivity contribution is 6.52. The minimum absolute atomic E-state index is 0.248. The molecule has 3 aromatic carbocycles. The molecule has 2 amide bonds. The number of esters is 1. The van der Waals surface area contributed by atoms with Gasteiger partial charge in [-0.25, -0.2) is 0 Å². The van der Waals surface area contributed by atoms with E-state index < -0.39 is 36.2 Å². The Morgan fingerprint density at radius 3 is 2.47 bits per heavy atom. The standard InChI is InChI=1S/C23H18N2O5/c1-14(22(28)24-17-11-10-15-6-2-3-7-16(15)12-17)30-20(26)13-25-19-9-5-4-8-18(19)21(27)23(25)29/h2-12,14H,13H2,1H3,(H,24,28)/t14-/m0/s1. The van der Waals surface area contributed by atoms with Gasteiger partial charge in [0.2, 0.25) is 0 Å². The predicted molar refractivity (Wildman–Crippen MR) is 111 cm³/mol. The van der Waals surface area contributed by atoms with Crippen LogP contribution >= 0.6 is 0 Å². The third-order valence-corrected chi connectivity index (χ3v) is 4.86. The van der Waals surface area contributed by atoms with Gasteiger partial charge in [0.15, 0.2) is 6.10 Å². The van der Waals surface area contributed by atoms with Crippen molar-refractivity contribution < 1.29 is 23.9 Å². The van der Waals surface area contributed by atoms with Crippen LogP contribution in [-0.4, -0.2) is 36.2 Å². The number of amides is 2. The third kappa shape index (κ3) is 3.65. The van der Waals surface area contributed by atoms with Crippen molar-refractivity contribution in [1.29, 1.82) is 0 Å². The zero-order valence-corrected chi connectivity index (χ0v) is 16.1. The van der Waals surface area contributed by atoms with Gasteiger partial charge < -0.3 is 10.1 Å². The summed E-state index contributed by atoms with van der Waals surface area (Å²) < 4.78 is 5.18. The molecule has 0 saturated heterocycles. The smallest absolute Gasteiger partial charge is 0.326 e. The summed E-state index contributed by atoms with van der Waals surface area (Å²) in [6, 6.07) is 19.6. The van der Waals surface area contributed by atoms with E-state index in [4.69, 9.17) is 4.74 Å². The number of carbonyl (C=O) groups excluding carboxylic acids is 4. The van der Waals surface area contributed by atoms with Gasteiger partial charge >= 0.3 is 5.97 Å². The first-order chi connectivity index (χ1) is 14.4. The highest BCUT2D eigenvalue weighted by Crippen LogP contribution is 2.28. The normalized spacial score (nSPS) is 13.8. The van der Waals surface area contributed by atoms with Crippen molar-refractivity contribution in [3.05, 3.63) is 72.3 Å². The topological polar surface area (TPSA) is 92.8 Å². The van der Waals surface area contributed by atoms with Crippen LogP contribution in [0.5, 0.6) is 0 Å². The number of fused-ring (bicyclic) bond motifs is 2. The van der Waals surface area contributed by atoms with Crippen LogP contribution in [0.1, 0.15) is 17.3 Å². The van der Waals surface area contributed by atoms with Crippen molar-refractivity contribution in [2.24, 2.45) is 0 Å². The highest BCUT2D eigenvalue weighted by Gasteiger charge is 2.37. The van der Waals surface area contributed by atoms with E-state index in [1.807, 2.05) is 36.4 Å². The van der Waals surface area contributed by atoms with Crippen LogP contribution < -0.4 is 10.2 Å². The maximum absolute atomic E-state index is 12.4. The molecule has 7 heteroatoms. The van der Waals surface area contributed by atoms with Gasteiger partial charge in [-0.2, -0.15) is 0 Å². The van der Waals surface area contributed by atoms with E-state index in [2.05, 4.69) is 5.32 Å². The number of ketones is 1. The molecule has 1 aliphatic rings. The SMILES string of the molecule is C[C@H](OC(=O)CN1C(=O)C(=O)c2ccccc21)C(=O)Nc1ccc2ccccc2c1. The predicted octanol–water partition coefficient (Wildman–Crippen LogP) is 2.94. The van der Waals surface area contributed by atoms with Gasteiger partial charge in [-0.15, -0.1) is 0 Å². The second-order valence-electron chi connectivity index (χ2n) is 6.92. The fourth-order valence-corrected chi connectivity index (χ4v) is 3.33. The minimum Gasteiger partial charge on any atom is -0.451 e. The summed E-state index contributed by atoms with van der Waals surface area (Å²) in [5, 5.41) is 4.72. The molecule has 1 aliphatic heterocycles. The quantitative estimate of drug-likeness (QED) is 0.523. The fourth-order valence-electron chi connectivity index (χ4n) is 3.33. The van der Waals surface area contributed by atoms with E-state index in [-0.39, 0.29) is 5.56 Å². The Labute approximate surface area is 172 Å². The van der Waals surface area contributed by atoms with Crippen LogP contribution in [0.3, 0.4) is 0 Å². The second-order valence-corrected chi connectivity index (χ2v) is 6.92. The molecule has 7 nitrogen and oxygen atoms in total. The van der Waals surface area contributed by atoms with E-state index in [0.717, 1.165) is 15.7 Å². The summed E-state index contributed by atoms with van der Waals surface area (Å²) in [6.07, 6.45) is -1.08. The number of para-hydroxylation sites is 1. The molecule has 1 atom stereocenters. The van der Waals surface area contributed by atoms with Gasteiger partial charge in [-0.3, -0.25) is 24.1 Å². The van der Waals surface area contributed by atoms with Crippen LogP contribution in [0.15, 0.2) is 66.7 Å². The lowest BCUT2D eigenvalue weighted by atomic mass is 10.1. The Morgan fingerprint density at radius 1 is 0.967 bits per heavy atom. The molecular weight excluding hydrogens is 384 g/mol. The molecule has 1 heterocycles. The molecule has 1 N–H and O–H groups in total. The number of rotatable bonds is 5. The monoisotopic (exact) mass is 402 g/mol. The molecule has 150 valence electrons. The summed E-state index contributed by atoms with van der Waals surface area (Å²) >= 11 is 0. The summed E-state index contributed by atoms with van der Waals surface area (Å²) in [5.74, 6) is -2.74. The van der Waals surface area contributed by atoms with E-state index in [1.54, 1.807) is 24.3 Å². The van der Waals surface area contributed by atoms with E-state index in [1.165, 1.54) is 13.0 Å². The van der Waals surface area contributed by atoms with Crippen molar-refractivity contribution in [3.63, 3.8) is 0 Å². The summed E-state index contributed by atoms with van der Waals surface area (Å²) in [4.78, 5) is 49.9. The number of hydrogen-bond acceptors (Lipinski definition) is 5. The van der Waals surface area contributed by atoms with Gasteiger partial charge in [0.1, 0.15) is 6.54 Å². The summed E-state index contributed by atoms with van der Waals surface area (Å²) in [7, 11) is 0. The summed E-state index contributed by atoms with van der Waals surface area (Å²) in [6.45, 7) is 0.994. The van der Waals surface area contributed by atoms with Crippen LogP contribution in [0.2, 0.25) is 0 Å². The molecule has 0 aliphatic carbocycles. The molecule has 0 radical (unpaired) electrons. The number of ether oxygens (including phenoxy) is 1. The Morgan fingerprint density at radius 2 is 1.67 bits per heavy atom. The van der Waals surface area contributed by atoms with E-state index in [0.29, 0.717) is 11.4 Å². The van der Waals surface area contributed by atoms with Crippen molar-refractivity contribution in [1.82, 2.24) is 0 Å². The van der Waals surface area contributed by atoms with Gasteiger partial charge in [0, 0.05) is 5.69 Å². The van der Waals surface area contributed by atoms with E-state index >= 15 is 0 Å². The first-order valence-corrected chi connectivity index (χ1v) is 9.38.